The lowest BCUT2D eigenvalue weighted by atomic mass is 9.82. The van der Waals surface area contributed by atoms with Gasteiger partial charge in [0.05, 0.1) is 11.7 Å². The van der Waals surface area contributed by atoms with E-state index in [9.17, 15) is 0 Å². The maximum Gasteiger partial charge on any atom is 0.155 e. The third kappa shape index (κ3) is 5.62. The van der Waals surface area contributed by atoms with Gasteiger partial charge in [-0.25, -0.2) is 0 Å². The van der Waals surface area contributed by atoms with Crippen LogP contribution in [-0.2, 0) is 22.3 Å². The number of ether oxygens (including phenoxy) is 2. The zero-order valence-corrected chi connectivity index (χ0v) is 18.3. The van der Waals surface area contributed by atoms with Crippen molar-refractivity contribution in [2.24, 2.45) is 5.92 Å². The van der Waals surface area contributed by atoms with Crippen LogP contribution in [0.15, 0.2) is 72.8 Å². The first kappa shape index (κ1) is 21.3. The van der Waals surface area contributed by atoms with Gasteiger partial charge in [-0.2, -0.15) is 0 Å². The van der Waals surface area contributed by atoms with E-state index in [2.05, 4.69) is 79.7 Å². The van der Waals surface area contributed by atoms with Crippen molar-refractivity contribution in [1.82, 2.24) is 0 Å². The van der Waals surface area contributed by atoms with Crippen LogP contribution in [0, 0.1) is 5.92 Å². The summed E-state index contributed by atoms with van der Waals surface area (Å²) in [7, 11) is 0. The van der Waals surface area contributed by atoms with Crippen LogP contribution < -0.4 is 0 Å². The molecule has 1 saturated carbocycles. The van der Waals surface area contributed by atoms with Crippen molar-refractivity contribution in [3.05, 3.63) is 83.9 Å². The highest BCUT2D eigenvalue weighted by Gasteiger charge is 2.48. The Bertz CT molecular complexity index is 785. The first-order valence-electron chi connectivity index (χ1n) is 11.8. The highest BCUT2D eigenvalue weighted by molar-refractivity contribution is 5.16. The molecule has 4 rings (SSSR count). The van der Waals surface area contributed by atoms with Gasteiger partial charge in [-0.3, -0.25) is 0 Å². The quantitative estimate of drug-likeness (QED) is 0.352. The van der Waals surface area contributed by atoms with Crippen molar-refractivity contribution >= 4 is 0 Å². The second-order valence-electron chi connectivity index (χ2n) is 9.04. The van der Waals surface area contributed by atoms with Crippen molar-refractivity contribution in [3.8, 4) is 0 Å². The van der Waals surface area contributed by atoms with Gasteiger partial charge in [-0.1, -0.05) is 72.8 Å². The number of unbranched alkanes of at least 4 members (excludes halogenated alkanes) is 1. The van der Waals surface area contributed by atoms with Crippen molar-refractivity contribution in [1.29, 1.82) is 0 Å². The number of aryl methyl sites for hydroxylation is 2. The Morgan fingerprint density at radius 2 is 1.67 bits per heavy atom. The molecule has 2 fully saturated rings. The first-order chi connectivity index (χ1) is 14.7. The van der Waals surface area contributed by atoms with Crippen LogP contribution in [0.4, 0.5) is 0 Å². The summed E-state index contributed by atoms with van der Waals surface area (Å²) in [6.07, 6.45) is 15.4. The number of hydrogen-bond acceptors (Lipinski definition) is 2. The number of allylic oxidation sites excluding steroid dienone is 1. The fourth-order valence-corrected chi connectivity index (χ4v) is 5.32. The van der Waals surface area contributed by atoms with Gasteiger partial charge < -0.3 is 9.47 Å². The summed E-state index contributed by atoms with van der Waals surface area (Å²) >= 11 is 0. The maximum absolute atomic E-state index is 6.48. The van der Waals surface area contributed by atoms with E-state index < -0.39 is 0 Å². The van der Waals surface area contributed by atoms with E-state index in [1.54, 1.807) is 0 Å². The van der Waals surface area contributed by atoms with Crippen LogP contribution in [-0.4, -0.2) is 18.0 Å². The molecule has 0 unspecified atom stereocenters. The Hall–Kier alpha value is -1.90. The van der Waals surface area contributed by atoms with Crippen LogP contribution in [0.5, 0.6) is 0 Å². The van der Waals surface area contributed by atoms with Crippen molar-refractivity contribution < 1.29 is 9.47 Å². The van der Waals surface area contributed by atoms with Crippen LogP contribution in [0.25, 0.3) is 0 Å². The molecule has 1 aliphatic carbocycles. The molecular formula is C28H36O2. The Labute approximate surface area is 182 Å². The van der Waals surface area contributed by atoms with E-state index in [0.717, 1.165) is 32.1 Å². The summed E-state index contributed by atoms with van der Waals surface area (Å²) in [5, 5.41) is 0. The molecule has 1 aliphatic heterocycles. The van der Waals surface area contributed by atoms with Gasteiger partial charge in [0.1, 0.15) is 0 Å². The number of benzene rings is 2. The van der Waals surface area contributed by atoms with Gasteiger partial charge in [0.15, 0.2) is 6.29 Å². The minimum absolute atomic E-state index is 0.0189. The average Bonchev–Trinajstić information content (AvgIpc) is 3.14. The molecule has 1 spiro atoms. The Morgan fingerprint density at radius 1 is 0.967 bits per heavy atom. The van der Waals surface area contributed by atoms with Crippen molar-refractivity contribution in [2.45, 2.75) is 82.7 Å². The molecule has 1 heterocycles. The molecule has 0 N–H and O–H groups in total. The molecule has 2 aromatic carbocycles. The second-order valence-corrected chi connectivity index (χ2v) is 9.04. The predicted octanol–water partition coefficient (Wildman–Crippen LogP) is 6.89. The van der Waals surface area contributed by atoms with Gasteiger partial charge >= 0.3 is 0 Å². The van der Waals surface area contributed by atoms with Crippen molar-refractivity contribution in [2.75, 3.05) is 0 Å². The second kappa shape index (κ2) is 10.4. The Morgan fingerprint density at radius 3 is 2.40 bits per heavy atom. The van der Waals surface area contributed by atoms with Crippen LogP contribution in [0.3, 0.4) is 0 Å². The molecule has 0 aromatic heterocycles. The Balaban J connectivity index is 1.30. The Kier molecular flexibility index (Phi) is 7.41. The highest BCUT2D eigenvalue weighted by Crippen LogP contribution is 2.47. The molecule has 2 nitrogen and oxygen atoms in total. The topological polar surface area (TPSA) is 18.5 Å². The summed E-state index contributed by atoms with van der Waals surface area (Å²) in [6, 6.07) is 21.6. The molecule has 2 aromatic rings. The average molecular weight is 405 g/mol. The fraction of sp³-hybridized carbons (Fsp3) is 0.500. The van der Waals surface area contributed by atoms with Gasteiger partial charge in [-0.05, 0) is 69.4 Å². The number of hydrogen-bond donors (Lipinski definition) is 0. The van der Waals surface area contributed by atoms with Gasteiger partial charge in [-0.15, -0.1) is 0 Å². The summed E-state index contributed by atoms with van der Waals surface area (Å²) in [4.78, 5) is 0. The van der Waals surface area contributed by atoms with E-state index in [1.807, 2.05) is 0 Å². The zero-order chi connectivity index (χ0) is 20.7. The third-order valence-electron chi connectivity index (χ3n) is 6.79. The molecule has 1 saturated heterocycles. The molecule has 0 bridgehead atoms. The summed E-state index contributed by atoms with van der Waals surface area (Å²) in [5.74, 6) is 0.528. The monoisotopic (exact) mass is 404 g/mol. The van der Waals surface area contributed by atoms with E-state index in [1.165, 1.54) is 36.8 Å². The lowest BCUT2D eigenvalue weighted by Crippen LogP contribution is -2.48. The normalized spacial score (nSPS) is 29.0. The van der Waals surface area contributed by atoms with Crippen LogP contribution in [0.2, 0.25) is 0 Å². The zero-order valence-electron chi connectivity index (χ0n) is 18.3. The van der Waals surface area contributed by atoms with Crippen LogP contribution >= 0.6 is 0 Å². The van der Waals surface area contributed by atoms with E-state index >= 15 is 0 Å². The van der Waals surface area contributed by atoms with Gasteiger partial charge in [0.25, 0.3) is 0 Å². The smallest absolute Gasteiger partial charge is 0.155 e. The molecule has 0 amide bonds. The molecule has 30 heavy (non-hydrogen) atoms. The molecule has 2 heteroatoms. The van der Waals surface area contributed by atoms with Crippen LogP contribution in [0.1, 0.15) is 63.0 Å². The summed E-state index contributed by atoms with van der Waals surface area (Å²) < 4.78 is 12.7. The molecule has 4 atom stereocenters. The summed E-state index contributed by atoms with van der Waals surface area (Å²) in [6.45, 7) is 2.08. The predicted molar refractivity (Wildman–Crippen MR) is 123 cm³/mol. The first-order valence-corrected chi connectivity index (χ1v) is 11.8. The number of rotatable bonds is 8. The molecule has 2 aliphatic rings. The minimum Gasteiger partial charge on any atom is -0.350 e. The summed E-state index contributed by atoms with van der Waals surface area (Å²) in [5.41, 5.74) is 2.82. The van der Waals surface area contributed by atoms with E-state index in [0.29, 0.717) is 12.0 Å². The standard InChI is InChI=1S/C28H36O2/c1-23-29-27(20-19-25-15-7-3-8-16-25)22-28(30-23)21-11-18-26(28)17-10-4-9-14-24-12-5-2-6-13-24/h2-3,5-8,10,12-13,15-17,23,26-27H,4,9,11,14,18-22H2,1H3/b17-10-/t23-,26+,27-,28+/m1/s1. The van der Waals surface area contributed by atoms with Gasteiger partial charge in [0.2, 0.25) is 0 Å². The third-order valence-corrected chi connectivity index (χ3v) is 6.79. The van der Waals surface area contributed by atoms with E-state index in [-0.39, 0.29) is 11.9 Å². The van der Waals surface area contributed by atoms with Crippen molar-refractivity contribution in [3.63, 3.8) is 0 Å². The lowest BCUT2D eigenvalue weighted by Gasteiger charge is -2.44. The fourth-order valence-electron chi connectivity index (χ4n) is 5.32. The maximum atomic E-state index is 6.48. The largest absolute Gasteiger partial charge is 0.350 e. The molecule has 160 valence electrons. The van der Waals surface area contributed by atoms with Gasteiger partial charge in [0, 0.05) is 12.3 Å². The lowest BCUT2D eigenvalue weighted by molar-refractivity contribution is -0.281. The van der Waals surface area contributed by atoms with E-state index in [4.69, 9.17) is 9.47 Å². The minimum atomic E-state index is -0.105. The SMILES string of the molecule is C[C@@H]1O[C@H](CCc2ccccc2)C[C@]2(CCC[C@@H]2/C=C\CCCc2ccccc2)O1. The highest BCUT2D eigenvalue weighted by atomic mass is 16.7. The molecule has 0 radical (unpaired) electrons. The molecular weight excluding hydrogens is 368 g/mol.